The average Bonchev–Trinajstić information content (AvgIpc) is 2.70. The molecule has 0 fully saturated rings. The number of hydrogen-bond acceptors (Lipinski definition) is 6. The van der Waals surface area contributed by atoms with Gasteiger partial charge in [-0.2, -0.15) is 5.10 Å². The number of hydrazone groups is 1. The Bertz CT molecular complexity index is 978. The van der Waals surface area contributed by atoms with E-state index in [1.807, 2.05) is 0 Å². The summed E-state index contributed by atoms with van der Waals surface area (Å²) in [4.78, 5) is 34.8. The first-order chi connectivity index (χ1) is 14.3. The molecule has 0 heterocycles. The van der Waals surface area contributed by atoms with Crippen LogP contribution in [0, 0.1) is 6.92 Å². The van der Waals surface area contributed by atoms with Gasteiger partial charge in [0.15, 0.2) is 18.1 Å². The van der Waals surface area contributed by atoms with Crippen LogP contribution in [-0.2, 0) is 14.4 Å². The van der Waals surface area contributed by atoms with Crippen molar-refractivity contribution in [3.63, 3.8) is 0 Å². The van der Waals surface area contributed by atoms with Crippen LogP contribution in [-0.4, -0.2) is 37.1 Å². The summed E-state index contributed by atoms with van der Waals surface area (Å²) in [6.07, 6.45) is 1.33. The van der Waals surface area contributed by atoms with Gasteiger partial charge in [-0.15, -0.1) is 0 Å². The highest BCUT2D eigenvalue weighted by atomic mass is 35.5. The molecule has 0 atom stereocenters. The summed E-state index contributed by atoms with van der Waals surface area (Å²) < 4.78 is 10.7. The van der Waals surface area contributed by atoms with Crippen LogP contribution < -0.4 is 25.9 Å². The van der Waals surface area contributed by atoms with Gasteiger partial charge < -0.3 is 20.5 Å². The average molecular weight is 433 g/mol. The zero-order valence-corrected chi connectivity index (χ0v) is 17.2. The normalized spacial score (nSPS) is 10.5. The Kier molecular flexibility index (Phi) is 8.18. The number of ether oxygens (including phenoxy) is 2. The Balaban J connectivity index is 2.00. The molecule has 0 spiro atoms. The number of benzene rings is 2. The molecule has 2 aromatic rings. The van der Waals surface area contributed by atoms with Gasteiger partial charge in [-0.1, -0.05) is 17.7 Å². The van der Waals surface area contributed by atoms with Crippen molar-refractivity contribution in [3.05, 3.63) is 52.5 Å². The largest absolute Gasteiger partial charge is 0.490 e. The van der Waals surface area contributed by atoms with E-state index in [-0.39, 0.29) is 6.61 Å². The highest BCUT2D eigenvalue weighted by Gasteiger charge is 2.14. The lowest BCUT2D eigenvalue weighted by Crippen LogP contribution is -2.32. The molecule has 0 saturated heterocycles. The van der Waals surface area contributed by atoms with Crippen molar-refractivity contribution in [3.8, 4) is 11.5 Å². The number of nitrogens with zero attached hydrogens (tertiary/aromatic N) is 1. The Morgan fingerprint density at radius 3 is 2.60 bits per heavy atom. The molecule has 158 valence electrons. The van der Waals surface area contributed by atoms with Gasteiger partial charge in [0.25, 0.3) is 5.91 Å². The first-order valence-electron chi connectivity index (χ1n) is 8.89. The lowest BCUT2D eigenvalue weighted by Gasteiger charge is -2.11. The van der Waals surface area contributed by atoms with Crippen LogP contribution >= 0.6 is 11.6 Å². The molecule has 0 aromatic heterocycles. The lowest BCUT2D eigenvalue weighted by molar-refractivity contribution is -0.136. The standard InChI is InChI=1S/C20H21ClN4O5/c1-3-29-17-9-13(7-8-16(17)30-11-18(22)26)10-23-25-20(28)19(27)24-15-6-4-5-14(21)12(15)2/h4-10H,3,11H2,1-2H3,(H2,22,26)(H,24,27)(H,25,28). The predicted molar refractivity (Wildman–Crippen MR) is 113 cm³/mol. The molecule has 0 radical (unpaired) electrons. The molecule has 0 aliphatic rings. The quantitative estimate of drug-likeness (QED) is 0.333. The van der Waals surface area contributed by atoms with Crippen LogP contribution in [0.5, 0.6) is 11.5 Å². The number of hydrogen-bond donors (Lipinski definition) is 3. The van der Waals surface area contributed by atoms with Gasteiger partial charge in [0, 0.05) is 10.7 Å². The molecule has 0 bridgehead atoms. The highest BCUT2D eigenvalue weighted by molar-refractivity contribution is 6.40. The van der Waals surface area contributed by atoms with E-state index in [0.29, 0.717) is 39.9 Å². The Labute approximate surface area is 178 Å². The third-order valence-corrected chi connectivity index (χ3v) is 4.15. The summed E-state index contributed by atoms with van der Waals surface area (Å²) in [5.74, 6) is -1.73. The van der Waals surface area contributed by atoms with Crippen molar-refractivity contribution < 1.29 is 23.9 Å². The molecule has 0 unspecified atom stereocenters. The van der Waals surface area contributed by atoms with Crippen LogP contribution in [0.3, 0.4) is 0 Å². The van der Waals surface area contributed by atoms with E-state index in [2.05, 4.69) is 15.8 Å². The lowest BCUT2D eigenvalue weighted by atomic mass is 10.2. The number of anilines is 1. The van der Waals surface area contributed by atoms with E-state index < -0.39 is 17.7 Å². The van der Waals surface area contributed by atoms with Crippen molar-refractivity contribution in [2.45, 2.75) is 13.8 Å². The third-order valence-electron chi connectivity index (χ3n) is 3.74. The van der Waals surface area contributed by atoms with E-state index in [4.69, 9.17) is 26.8 Å². The van der Waals surface area contributed by atoms with Crippen molar-refractivity contribution in [1.29, 1.82) is 0 Å². The Morgan fingerprint density at radius 1 is 1.13 bits per heavy atom. The van der Waals surface area contributed by atoms with E-state index in [1.54, 1.807) is 50.2 Å². The number of halogens is 1. The molecule has 0 aliphatic carbocycles. The van der Waals surface area contributed by atoms with Gasteiger partial charge in [-0.3, -0.25) is 14.4 Å². The number of rotatable bonds is 8. The highest BCUT2D eigenvalue weighted by Crippen LogP contribution is 2.28. The SMILES string of the molecule is CCOc1cc(C=NNC(=O)C(=O)Nc2cccc(Cl)c2C)ccc1OCC(N)=O. The van der Waals surface area contributed by atoms with Crippen molar-refractivity contribution >= 4 is 41.2 Å². The molecule has 10 heteroatoms. The second kappa shape index (κ2) is 10.8. The molecule has 4 N–H and O–H groups in total. The summed E-state index contributed by atoms with van der Waals surface area (Å²) >= 11 is 5.99. The fourth-order valence-electron chi connectivity index (χ4n) is 2.28. The molecule has 30 heavy (non-hydrogen) atoms. The summed E-state index contributed by atoms with van der Waals surface area (Å²) in [7, 11) is 0. The van der Waals surface area contributed by atoms with Crippen LogP contribution in [0.1, 0.15) is 18.1 Å². The first kappa shape index (κ1) is 22.7. The number of carbonyl (C=O) groups is 3. The van der Waals surface area contributed by atoms with Crippen molar-refractivity contribution in [2.24, 2.45) is 10.8 Å². The smallest absolute Gasteiger partial charge is 0.329 e. The molecule has 9 nitrogen and oxygen atoms in total. The number of nitrogens with two attached hydrogens (primary N) is 1. The maximum Gasteiger partial charge on any atom is 0.329 e. The van der Waals surface area contributed by atoms with Gasteiger partial charge in [-0.05, 0) is 55.3 Å². The fourth-order valence-corrected chi connectivity index (χ4v) is 2.45. The van der Waals surface area contributed by atoms with Crippen LogP contribution in [0.25, 0.3) is 0 Å². The summed E-state index contributed by atoms with van der Waals surface area (Å²) in [5.41, 5.74) is 8.86. The van der Waals surface area contributed by atoms with Crippen LogP contribution in [0.4, 0.5) is 5.69 Å². The van der Waals surface area contributed by atoms with Crippen LogP contribution in [0.15, 0.2) is 41.5 Å². The van der Waals surface area contributed by atoms with Crippen molar-refractivity contribution in [1.82, 2.24) is 5.43 Å². The van der Waals surface area contributed by atoms with Gasteiger partial charge in [0.1, 0.15) is 0 Å². The topological polar surface area (TPSA) is 132 Å². The first-order valence-corrected chi connectivity index (χ1v) is 9.27. The predicted octanol–water partition coefficient (Wildman–Crippen LogP) is 2.00. The van der Waals surface area contributed by atoms with E-state index >= 15 is 0 Å². The minimum Gasteiger partial charge on any atom is -0.490 e. The molecular weight excluding hydrogens is 412 g/mol. The van der Waals surface area contributed by atoms with Crippen molar-refractivity contribution in [2.75, 3.05) is 18.5 Å². The molecule has 3 amide bonds. The van der Waals surface area contributed by atoms with Gasteiger partial charge >= 0.3 is 11.8 Å². The van der Waals surface area contributed by atoms with E-state index in [1.165, 1.54) is 6.21 Å². The molecular formula is C20H21ClN4O5. The summed E-state index contributed by atoms with van der Waals surface area (Å²) in [5, 5.41) is 6.71. The maximum atomic E-state index is 12.0. The molecule has 0 saturated carbocycles. The monoisotopic (exact) mass is 432 g/mol. The van der Waals surface area contributed by atoms with Crippen LogP contribution in [0.2, 0.25) is 5.02 Å². The second-order valence-electron chi connectivity index (χ2n) is 5.96. The Hall–Kier alpha value is -3.59. The maximum absolute atomic E-state index is 12.0. The number of nitrogens with one attached hydrogen (secondary N) is 2. The second-order valence-corrected chi connectivity index (χ2v) is 6.37. The number of primary amides is 1. The minimum absolute atomic E-state index is 0.287. The third kappa shape index (κ3) is 6.49. The fraction of sp³-hybridized carbons (Fsp3) is 0.200. The van der Waals surface area contributed by atoms with Gasteiger partial charge in [-0.25, -0.2) is 5.43 Å². The molecule has 0 aliphatic heterocycles. The molecule has 2 rings (SSSR count). The summed E-state index contributed by atoms with van der Waals surface area (Å²) in [6.45, 7) is 3.60. The van der Waals surface area contributed by atoms with Gasteiger partial charge in [0.05, 0.1) is 12.8 Å². The summed E-state index contributed by atoms with van der Waals surface area (Å²) in [6, 6.07) is 9.78. The zero-order valence-electron chi connectivity index (χ0n) is 16.4. The number of carbonyl (C=O) groups excluding carboxylic acids is 3. The number of amides is 3. The molecule has 2 aromatic carbocycles. The van der Waals surface area contributed by atoms with E-state index in [0.717, 1.165) is 0 Å². The van der Waals surface area contributed by atoms with E-state index in [9.17, 15) is 14.4 Å². The Morgan fingerprint density at radius 2 is 1.90 bits per heavy atom. The zero-order chi connectivity index (χ0) is 22.1. The minimum atomic E-state index is -0.947. The van der Waals surface area contributed by atoms with Gasteiger partial charge in [0.2, 0.25) is 0 Å².